The van der Waals surface area contributed by atoms with Crippen molar-refractivity contribution in [3.63, 3.8) is 0 Å². The van der Waals surface area contributed by atoms with Crippen LogP contribution in [0.5, 0.6) is 5.75 Å². The lowest BCUT2D eigenvalue weighted by atomic mass is 10.1. The van der Waals surface area contributed by atoms with Gasteiger partial charge in [-0.2, -0.15) is 0 Å². The summed E-state index contributed by atoms with van der Waals surface area (Å²) in [6.07, 6.45) is -1.65. The maximum Gasteiger partial charge on any atom is 0.573 e. The highest BCUT2D eigenvalue weighted by molar-refractivity contribution is 5.94. The Kier molecular flexibility index (Phi) is 6.29. The first-order valence-corrected chi connectivity index (χ1v) is 10.2. The van der Waals surface area contributed by atoms with Gasteiger partial charge in [0.1, 0.15) is 29.5 Å². The number of carbonyl (C=O) groups is 1. The van der Waals surface area contributed by atoms with E-state index in [4.69, 9.17) is 0 Å². The first kappa shape index (κ1) is 22.3. The fraction of sp³-hybridized carbons (Fsp3) is 0.273. The monoisotopic (exact) mass is 458 g/mol. The predicted octanol–water partition coefficient (Wildman–Crippen LogP) is 3.78. The van der Waals surface area contributed by atoms with E-state index in [1.807, 2.05) is 24.0 Å². The minimum Gasteiger partial charge on any atom is -0.406 e. The number of halogens is 3. The third-order valence-electron chi connectivity index (χ3n) is 5.03. The molecule has 1 N–H and O–H groups in total. The Morgan fingerprint density at radius 2 is 1.76 bits per heavy atom. The molecule has 0 atom stereocenters. The van der Waals surface area contributed by atoms with Crippen molar-refractivity contribution >= 4 is 23.4 Å². The molecule has 1 saturated heterocycles. The van der Waals surface area contributed by atoms with E-state index in [9.17, 15) is 18.0 Å². The smallest absolute Gasteiger partial charge is 0.406 e. The van der Waals surface area contributed by atoms with Crippen molar-refractivity contribution in [1.29, 1.82) is 0 Å². The van der Waals surface area contributed by atoms with Crippen LogP contribution in [-0.2, 0) is 0 Å². The number of nitrogens with one attached hydrogen (secondary N) is 1. The third kappa shape index (κ3) is 5.88. The van der Waals surface area contributed by atoms with Crippen molar-refractivity contribution < 1.29 is 22.7 Å². The van der Waals surface area contributed by atoms with Gasteiger partial charge in [0.15, 0.2) is 0 Å². The van der Waals surface area contributed by atoms with E-state index in [0.717, 1.165) is 17.7 Å². The fourth-order valence-corrected chi connectivity index (χ4v) is 3.47. The molecule has 1 amide bonds. The van der Waals surface area contributed by atoms with Crippen molar-refractivity contribution in [1.82, 2.24) is 19.9 Å². The molecule has 0 bridgehead atoms. The lowest BCUT2D eigenvalue weighted by Gasteiger charge is -2.35. The molecule has 33 heavy (non-hydrogen) atoms. The summed E-state index contributed by atoms with van der Waals surface area (Å²) >= 11 is 0. The Morgan fingerprint density at radius 1 is 1.00 bits per heavy atom. The molecular formula is C22H21F3N6O2. The van der Waals surface area contributed by atoms with E-state index in [2.05, 4.69) is 25.0 Å². The second-order valence-electron chi connectivity index (χ2n) is 7.46. The quantitative estimate of drug-likeness (QED) is 0.623. The minimum absolute atomic E-state index is 0.143. The van der Waals surface area contributed by atoms with Crippen LogP contribution in [0.4, 0.5) is 30.6 Å². The second-order valence-corrected chi connectivity index (χ2v) is 7.46. The highest BCUT2D eigenvalue weighted by atomic mass is 19.4. The molecule has 1 aromatic carbocycles. The first-order chi connectivity index (χ1) is 15.8. The summed E-state index contributed by atoms with van der Waals surface area (Å²) in [4.78, 5) is 29.2. The van der Waals surface area contributed by atoms with Gasteiger partial charge in [-0.25, -0.2) is 15.0 Å². The van der Waals surface area contributed by atoms with E-state index in [1.165, 1.54) is 18.5 Å². The van der Waals surface area contributed by atoms with Gasteiger partial charge in [0.25, 0.3) is 5.91 Å². The number of rotatable bonds is 5. The van der Waals surface area contributed by atoms with Crippen LogP contribution in [0.1, 0.15) is 15.9 Å². The van der Waals surface area contributed by atoms with Gasteiger partial charge in [-0.05, 0) is 42.8 Å². The van der Waals surface area contributed by atoms with E-state index in [-0.39, 0.29) is 11.5 Å². The van der Waals surface area contributed by atoms with Gasteiger partial charge in [0.05, 0.1) is 0 Å². The molecule has 0 spiro atoms. The molecule has 172 valence electrons. The van der Waals surface area contributed by atoms with Crippen LogP contribution in [0.2, 0.25) is 0 Å². The lowest BCUT2D eigenvalue weighted by molar-refractivity contribution is -0.274. The SMILES string of the molecule is Cc1ccnc(Nc2cc(N3CCN(C(=O)c4cccc(OC(F)(F)F)c4)CC3)ncn2)c1. The van der Waals surface area contributed by atoms with Gasteiger partial charge in [0, 0.05) is 44.0 Å². The number of nitrogens with zero attached hydrogens (tertiary/aromatic N) is 5. The van der Waals surface area contributed by atoms with Gasteiger partial charge < -0.3 is 19.9 Å². The normalized spacial score (nSPS) is 14.2. The number of aryl methyl sites for hydroxylation is 1. The van der Waals surface area contributed by atoms with Crippen LogP contribution in [0.15, 0.2) is 55.0 Å². The fourth-order valence-electron chi connectivity index (χ4n) is 3.47. The van der Waals surface area contributed by atoms with Crippen LogP contribution in [0.25, 0.3) is 0 Å². The summed E-state index contributed by atoms with van der Waals surface area (Å²) in [6, 6.07) is 10.7. The number of carbonyl (C=O) groups excluding carboxylic acids is 1. The zero-order valence-electron chi connectivity index (χ0n) is 17.7. The molecule has 1 aliphatic heterocycles. The molecule has 2 aromatic heterocycles. The molecule has 3 heterocycles. The average molecular weight is 458 g/mol. The minimum atomic E-state index is -4.81. The van der Waals surface area contributed by atoms with Crippen molar-refractivity contribution in [2.45, 2.75) is 13.3 Å². The van der Waals surface area contributed by atoms with Crippen LogP contribution >= 0.6 is 0 Å². The number of hydrogen-bond acceptors (Lipinski definition) is 7. The Labute approximate surface area is 188 Å². The number of amides is 1. The Hall–Kier alpha value is -3.89. The zero-order valence-corrected chi connectivity index (χ0v) is 17.7. The third-order valence-corrected chi connectivity index (χ3v) is 5.03. The standard InChI is InChI=1S/C22H21F3N6O2/c1-15-5-6-26-18(11-15)29-19-13-20(28-14-27-19)30-7-9-31(10-8-30)21(32)16-3-2-4-17(12-16)33-22(23,24)25/h2-6,11-14H,7-10H2,1H3,(H,26,27,28,29). The number of pyridine rings is 1. The Morgan fingerprint density at radius 3 is 2.48 bits per heavy atom. The van der Waals surface area contributed by atoms with Gasteiger partial charge >= 0.3 is 6.36 Å². The molecule has 0 unspecified atom stereocenters. The summed E-state index contributed by atoms with van der Waals surface area (Å²) in [5.74, 6) is 1.20. The van der Waals surface area contributed by atoms with E-state index in [1.54, 1.807) is 17.2 Å². The molecule has 0 radical (unpaired) electrons. The summed E-state index contributed by atoms with van der Waals surface area (Å²) in [6.45, 7) is 3.80. The molecule has 3 aromatic rings. The van der Waals surface area contributed by atoms with Gasteiger partial charge in [-0.15, -0.1) is 13.2 Å². The molecule has 8 nitrogen and oxygen atoms in total. The molecular weight excluding hydrogens is 437 g/mol. The maximum absolute atomic E-state index is 12.8. The van der Waals surface area contributed by atoms with Crippen molar-refractivity contribution in [3.8, 4) is 5.75 Å². The maximum atomic E-state index is 12.8. The predicted molar refractivity (Wildman–Crippen MR) is 116 cm³/mol. The summed E-state index contributed by atoms with van der Waals surface area (Å²) in [5.41, 5.74) is 1.21. The average Bonchev–Trinajstić information content (AvgIpc) is 2.78. The number of anilines is 3. The number of alkyl halides is 3. The Bertz CT molecular complexity index is 1130. The largest absolute Gasteiger partial charge is 0.573 e. The summed E-state index contributed by atoms with van der Waals surface area (Å²) in [7, 11) is 0. The number of hydrogen-bond donors (Lipinski definition) is 1. The van der Waals surface area contributed by atoms with Crippen LogP contribution in [-0.4, -0.2) is 58.3 Å². The molecule has 0 aliphatic carbocycles. The van der Waals surface area contributed by atoms with Crippen LogP contribution in [0.3, 0.4) is 0 Å². The van der Waals surface area contributed by atoms with Crippen molar-refractivity contribution in [3.05, 3.63) is 66.1 Å². The summed E-state index contributed by atoms with van der Waals surface area (Å²) in [5, 5.41) is 3.15. The van der Waals surface area contributed by atoms with Gasteiger partial charge in [-0.3, -0.25) is 4.79 Å². The van der Waals surface area contributed by atoms with Crippen molar-refractivity contribution in [2.24, 2.45) is 0 Å². The Balaban J connectivity index is 1.38. The number of aromatic nitrogens is 3. The molecule has 4 rings (SSSR count). The summed E-state index contributed by atoms with van der Waals surface area (Å²) < 4.78 is 41.3. The molecule has 1 aliphatic rings. The van der Waals surface area contributed by atoms with Crippen molar-refractivity contribution in [2.75, 3.05) is 36.4 Å². The molecule has 11 heteroatoms. The highest BCUT2D eigenvalue weighted by Crippen LogP contribution is 2.24. The topological polar surface area (TPSA) is 83.5 Å². The number of ether oxygens (including phenoxy) is 1. The molecule has 1 fully saturated rings. The van der Waals surface area contributed by atoms with Crippen LogP contribution in [0, 0.1) is 6.92 Å². The zero-order chi connectivity index (χ0) is 23.4. The molecule has 0 saturated carbocycles. The van der Waals surface area contributed by atoms with E-state index >= 15 is 0 Å². The van der Waals surface area contributed by atoms with Crippen LogP contribution < -0.4 is 15.0 Å². The number of piperazine rings is 1. The van der Waals surface area contributed by atoms with E-state index in [0.29, 0.717) is 43.6 Å². The van der Waals surface area contributed by atoms with Gasteiger partial charge in [-0.1, -0.05) is 6.07 Å². The van der Waals surface area contributed by atoms with Gasteiger partial charge in [0.2, 0.25) is 0 Å². The lowest BCUT2D eigenvalue weighted by Crippen LogP contribution is -2.49. The van der Waals surface area contributed by atoms with E-state index < -0.39 is 12.1 Å². The number of benzene rings is 1. The first-order valence-electron chi connectivity index (χ1n) is 10.2. The second kappa shape index (κ2) is 9.31. The highest BCUT2D eigenvalue weighted by Gasteiger charge is 2.31.